The van der Waals surface area contributed by atoms with E-state index in [0.717, 1.165) is 6.42 Å². The van der Waals surface area contributed by atoms with Gasteiger partial charge in [0.25, 0.3) is 0 Å². The molecule has 2 nitrogen and oxygen atoms in total. The van der Waals surface area contributed by atoms with E-state index < -0.39 is 5.38 Å². The fourth-order valence-electron chi connectivity index (χ4n) is 1.53. The van der Waals surface area contributed by atoms with Crippen LogP contribution in [0.2, 0.25) is 0 Å². The van der Waals surface area contributed by atoms with Crippen molar-refractivity contribution < 1.29 is 9.18 Å². The molecule has 1 fully saturated rings. The van der Waals surface area contributed by atoms with Gasteiger partial charge in [-0.2, -0.15) is 0 Å². The predicted molar refractivity (Wildman–Crippen MR) is 50.6 cm³/mol. The fraction of sp³-hybridized carbons (Fsp3) is 0.889. The number of rotatable bonds is 3. The van der Waals surface area contributed by atoms with Crippen LogP contribution in [0.4, 0.5) is 4.39 Å². The summed E-state index contributed by atoms with van der Waals surface area (Å²) in [6.45, 7) is 2.75. The highest BCUT2D eigenvalue weighted by Crippen LogP contribution is 2.19. The molecule has 0 aromatic heterocycles. The van der Waals surface area contributed by atoms with Crippen LogP contribution in [0.25, 0.3) is 0 Å². The molecule has 1 heterocycles. The Morgan fingerprint density at radius 3 is 2.92 bits per heavy atom. The SMILES string of the molecule is CCC(Cl)C(=O)N1CCC(CF)C1. The third kappa shape index (κ3) is 2.56. The van der Waals surface area contributed by atoms with Crippen molar-refractivity contribution in [1.82, 2.24) is 4.90 Å². The van der Waals surface area contributed by atoms with Gasteiger partial charge in [0.2, 0.25) is 5.91 Å². The van der Waals surface area contributed by atoms with Gasteiger partial charge in [-0.25, -0.2) is 0 Å². The molecule has 1 aliphatic heterocycles. The molecule has 4 heteroatoms. The summed E-state index contributed by atoms with van der Waals surface area (Å²) in [5, 5.41) is -0.432. The number of hydrogen-bond donors (Lipinski definition) is 0. The second kappa shape index (κ2) is 4.80. The first-order valence-electron chi connectivity index (χ1n) is 4.67. The quantitative estimate of drug-likeness (QED) is 0.647. The van der Waals surface area contributed by atoms with Crippen molar-refractivity contribution in [2.75, 3.05) is 19.8 Å². The van der Waals surface area contributed by atoms with Crippen LogP contribution in [0, 0.1) is 5.92 Å². The number of hydrogen-bond acceptors (Lipinski definition) is 1. The molecule has 1 amide bonds. The van der Waals surface area contributed by atoms with Gasteiger partial charge in [-0.15, -0.1) is 11.6 Å². The van der Waals surface area contributed by atoms with E-state index in [1.165, 1.54) is 0 Å². The summed E-state index contributed by atoms with van der Waals surface area (Å²) >= 11 is 5.80. The van der Waals surface area contributed by atoms with Gasteiger partial charge in [0.15, 0.2) is 0 Å². The zero-order valence-electron chi connectivity index (χ0n) is 7.80. The van der Waals surface area contributed by atoms with Crippen molar-refractivity contribution in [1.29, 1.82) is 0 Å². The smallest absolute Gasteiger partial charge is 0.240 e. The van der Waals surface area contributed by atoms with Gasteiger partial charge in [-0.1, -0.05) is 6.92 Å². The predicted octanol–water partition coefficient (Wildman–Crippen LogP) is 1.82. The molecule has 13 heavy (non-hydrogen) atoms. The Bertz CT molecular complexity index is 188. The van der Waals surface area contributed by atoms with Gasteiger partial charge in [-0.05, 0) is 12.8 Å². The number of nitrogens with zero attached hydrogens (tertiary/aromatic N) is 1. The van der Waals surface area contributed by atoms with Crippen molar-refractivity contribution in [2.45, 2.75) is 25.1 Å². The average Bonchev–Trinajstić information content (AvgIpc) is 2.63. The molecule has 0 radical (unpaired) electrons. The molecular formula is C9H15ClFNO. The van der Waals surface area contributed by atoms with E-state index in [2.05, 4.69) is 0 Å². The Morgan fingerprint density at radius 1 is 1.77 bits per heavy atom. The molecule has 0 aliphatic carbocycles. The largest absolute Gasteiger partial charge is 0.341 e. The van der Waals surface area contributed by atoms with Crippen molar-refractivity contribution in [3.8, 4) is 0 Å². The zero-order chi connectivity index (χ0) is 9.84. The normalized spacial score (nSPS) is 24.8. The number of carbonyl (C=O) groups is 1. The Kier molecular flexibility index (Phi) is 3.97. The third-order valence-corrected chi connectivity index (χ3v) is 2.94. The van der Waals surface area contributed by atoms with Crippen LogP contribution < -0.4 is 0 Å². The van der Waals surface area contributed by atoms with Gasteiger partial charge >= 0.3 is 0 Å². The van der Waals surface area contributed by atoms with E-state index in [0.29, 0.717) is 19.5 Å². The Morgan fingerprint density at radius 2 is 2.46 bits per heavy atom. The second-order valence-electron chi connectivity index (χ2n) is 3.47. The van der Waals surface area contributed by atoms with E-state index in [4.69, 9.17) is 11.6 Å². The fourth-order valence-corrected chi connectivity index (χ4v) is 1.67. The molecular weight excluding hydrogens is 193 g/mol. The third-order valence-electron chi connectivity index (χ3n) is 2.44. The minimum absolute atomic E-state index is 0.0321. The topological polar surface area (TPSA) is 20.3 Å². The first-order chi connectivity index (χ1) is 6.19. The summed E-state index contributed by atoms with van der Waals surface area (Å²) < 4.78 is 12.2. The Hall–Kier alpha value is -0.310. The first kappa shape index (κ1) is 10.8. The lowest BCUT2D eigenvalue weighted by Gasteiger charge is -2.18. The zero-order valence-corrected chi connectivity index (χ0v) is 8.56. The Balaban J connectivity index is 2.41. The van der Waals surface area contributed by atoms with E-state index in [1.807, 2.05) is 6.92 Å². The van der Waals surface area contributed by atoms with Crippen LogP contribution in [0.3, 0.4) is 0 Å². The lowest BCUT2D eigenvalue weighted by molar-refractivity contribution is -0.129. The van der Waals surface area contributed by atoms with Crippen LogP contribution in [-0.4, -0.2) is 35.9 Å². The molecule has 2 atom stereocenters. The summed E-state index contributed by atoms with van der Waals surface area (Å²) in [5.41, 5.74) is 0. The molecule has 76 valence electrons. The van der Waals surface area contributed by atoms with Gasteiger partial charge in [0.05, 0.1) is 6.67 Å². The van der Waals surface area contributed by atoms with Crippen LogP contribution in [0.1, 0.15) is 19.8 Å². The van der Waals surface area contributed by atoms with E-state index >= 15 is 0 Å². The maximum atomic E-state index is 12.2. The molecule has 0 spiro atoms. The monoisotopic (exact) mass is 207 g/mol. The molecule has 1 saturated heterocycles. The van der Waals surface area contributed by atoms with Crippen molar-refractivity contribution >= 4 is 17.5 Å². The number of carbonyl (C=O) groups excluding carboxylic acids is 1. The van der Waals surface area contributed by atoms with E-state index in [1.54, 1.807) is 4.90 Å². The van der Waals surface area contributed by atoms with Gasteiger partial charge < -0.3 is 4.90 Å². The van der Waals surface area contributed by atoms with Gasteiger partial charge in [0, 0.05) is 19.0 Å². The molecule has 0 N–H and O–H groups in total. The highest BCUT2D eigenvalue weighted by atomic mass is 35.5. The summed E-state index contributed by atoms with van der Waals surface area (Å²) in [4.78, 5) is 13.2. The standard InChI is InChI=1S/C9H15ClFNO/c1-2-8(10)9(13)12-4-3-7(5-11)6-12/h7-8H,2-6H2,1H3. The highest BCUT2D eigenvalue weighted by molar-refractivity contribution is 6.30. The van der Waals surface area contributed by atoms with Crippen LogP contribution in [-0.2, 0) is 4.79 Å². The van der Waals surface area contributed by atoms with Gasteiger partial charge in [-0.3, -0.25) is 9.18 Å². The minimum Gasteiger partial charge on any atom is -0.341 e. The van der Waals surface area contributed by atoms with Crippen LogP contribution >= 0.6 is 11.6 Å². The van der Waals surface area contributed by atoms with E-state index in [-0.39, 0.29) is 18.5 Å². The van der Waals surface area contributed by atoms with Crippen molar-refractivity contribution in [3.63, 3.8) is 0 Å². The van der Waals surface area contributed by atoms with Crippen LogP contribution in [0.15, 0.2) is 0 Å². The molecule has 1 rings (SSSR count). The molecule has 0 bridgehead atoms. The number of likely N-dealkylation sites (tertiary alicyclic amines) is 1. The first-order valence-corrected chi connectivity index (χ1v) is 5.11. The molecule has 0 aromatic rings. The number of halogens is 2. The summed E-state index contributed by atoms with van der Waals surface area (Å²) in [5.74, 6) is -0.00945. The average molecular weight is 208 g/mol. The lowest BCUT2D eigenvalue weighted by Crippen LogP contribution is -2.34. The molecule has 2 unspecified atom stereocenters. The van der Waals surface area contributed by atoms with Crippen molar-refractivity contribution in [2.24, 2.45) is 5.92 Å². The van der Waals surface area contributed by atoms with Gasteiger partial charge in [0.1, 0.15) is 5.38 Å². The van der Waals surface area contributed by atoms with Crippen LogP contribution in [0.5, 0.6) is 0 Å². The summed E-state index contributed by atoms with van der Waals surface area (Å²) in [7, 11) is 0. The number of amides is 1. The molecule has 0 aromatic carbocycles. The molecule has 1 aliphatic rings. The lowest BCUT2D eigenvalue weighted by atomic mass is 10.1. The maximum absolute atomic E-state index is 12.2. The minimum atomic E-state index is -0.432. The molecule has 0 saturated carbocycles. The Labute approximate surface area is 83.0 Å². The van der Waals surface area contributed by atoms with E-state index in [9.17, 15) is 9.18 Å². The second-order valence-corrected chi connectivity index (χ2v) is 4.00. The summed E-state index contributed by atoms with van der Waals surface area (Å²) in [6, 6.07) is 0. The van der Waals surface area contributed by atoms with Crippen molar-refractivity contribution in [3.05, 3.63) is 0 Å². The number of alkyl halides is 2. The maximum Gasteiger partial charge on any atom is 0.240 e. The highest BCUT2D eigenvalue weighted by Gasteiger charge is 2.28. The summed E-state index contributed by atoms with van der Waals surface area (Å²) in [6.07, 6.45) is 1.41.